The molecule has 0 radical (unpaired) electrons. The summed E-state index contributed by atoms with van der Waals surface area (Å²) in [6.45, 7) is 1.23. The zero-order chi connectivity index (χ0) is 13.9. The van der Waals surface area contributed by atoms with Crippen molar-refractivity contribution < 1.29 is 14.6 Å². The van der Waals surface area contributed by atoms with E-state index in [9.17, 15) is 5.11 Å². The van der Waals surface area contributed by atoms with Gasteiger partial charge in [-0.05, 0) is 49.0 Å². The number of halogens is 1. The highest BCUT2D eigenvalue weighted by molar-refractivity contribution is 6.32. The van der Waals surface area contributed by atoms with Gasteiger partial charge >= 0.3 is 0 Å². The molecule has 20 heavy (non-hydrogen) atoms. The summed E-state index contributed by atoms with van der Waals surface area (Å²) in [6.07, 6.45) is 6.74. The minimum absolute atomic E-state index is 0.509. The molecule has 0 bridgehead atoms. The molecule has 4 heteroatoms. The first-order valence-corrected chi connectivity index (χ1v) is 7.59. The number of hydrogen-bond acceptors (Lipinski definition) is 3. The normalized spacial score (nSPS) is 20.0. The average molecular weight is 295 g/mol. The Morgan fingerprint density at radius 2 is 1.95 bits per heavy atom. The third-order valence-corrected chi connectivity index (χ3v) is 4.10. The van der Waals surface area contributed by atoms with Crippen LogP contribution in [0.5, 0.6) is 11.5 Å². The standard InChI is InChI=1S/C16H19ClO3/c17-13-9-12(15(18)11-5-2-1-3-6-11)10-14-16(13)20-8-4-7-19-14/h5,9-10,15,18H,1-4,6-8H2. The molecular weight excluding hydrogens is 276 g/mol. The first kappa shape index (κ1) is 13.8. The Labute approximate surface area is 124 Å². The molecule has 0 fully saturated rings. The van der Waals surface area contributed by atoms with Gasteiger partial charge in [0.15, 0.2) is 11.5 Å². The molecule has 1 heterocycles. The summed E-state index contributed by atoms with van der Waals surface area (Å²) in [5.41, 5.74) is 1.87. The van der Waals surface area contributed by atoms with Crippen LogP contribution in [0.2, 0.25) is 5.02 Å². The maximum absolute atomic E-state index is 10.5. The number of ether oxygens (including phenoxy) is 2. The number of rotatable bonds is 2. The molecule has 0 aromatic heterocycles. The lowest BCUT2D eigenvalue weighted by Crippen LogP contribution is -2.05. The SMILES string of the molecule is OC(C1=CCCCC1)c1cc(Cl)c2c(c1)OCCCO2. The van der Waals surface area contributed by atoms with E-state index in [1.807, 2.05) is 6.07 Å². The van der Waals surface area contributed by atoms with Crippen molar-refractivity contribution in [2.75, 3.05) is 13.2 Å². The second-order valence-electron chi connectivity index (χ2n) is 5.31. The Morgan fingerprint density at radius 1 is 1.10 bits per heavy atom. The number of hydrogen-bond donors (Lipinski definition) is 1. The maximum atomic E-state index is 10.5. The monoisotopic (exact) mass is 294 g/mol. The first-order valence-electron chi connectivity index (χ1n) is 7.22. The summed E-state index contributed by atoms with van der Waals surface area (Å²) in [7, 11) is 0. The van der Waals surface area contributed by atoms with E-state index in [0.29, 0.717) is 29.7 Å². The zero-order valence-electron chi connectivity index (χ0n) is 11.4. The number of aliphatic hydroxyl groups is 1. The van der Waals surface area contributed by atoms with E-state index in [0.717, 1.165) is 36.8 Å². The topological polar surface area (TPSA) is 38.7 Å². The molecule has 2 aliphatic rings. The van der Waals surface area contributed by atoms with Gasteiger partial charge in [0.1, 0.15) is 6.10 Å². The minimum Gasteiger partial charge on any atom is -0.489 e. The molecule has 1 atom stereocenters. The largest absolute Gasteiger partial charge is 0.489 e. The van der Waals surface area contributed by atoms with E-state index < -0.39 is 6.10 Å². The highest BCUT2D eigenvalue weighted by Gasteiger charge is 2.21. The Bertz CT molecular complexity index is 525. The summed E-state index contributed by atoms with van der Waals surface area (Å²) >= 11 is 6.27. The zero-order valence-corrected chi connectivity index (χ0v) is 12.2. The van der Waals surface area contributed by atoms with Crippen molar-refractivity contribution in [3.05, 3.63) is 34.4 Å². The van der Waals surface area contributed by atoms with E-state index in [4.69, 9.17) is 21.1 Å². The van der Waals surface area contributed by atoms with Crippen molar-refractivity contribution in [1.82, 2.24) is 0 Å². The van der Waals surface area contributed by atoms with Crippen molar-refractivity contribution in [2.45, 2.75) is 38.2 Å². The van der Waals surface area contributed by atoms with Gasteiger partial charge in [0.05, 0.1) is 18.2 Å². The number of benzene rings is 1. The smallest absolute Gasteiger partial charge is 0.179 e. The lowest BCUT2D eigenvalue weighted by atomic mass is 9.91. The summed E-state index contributed by atoms with van der Waals surface area (Å²) in [5.74, 6) is 1.23. The molecule has 1 unspecified atom stereocenters. The number of aliphatic hydroxyl groups excluding tert-OH is 1. The van der Waals surface area contributed by atoms with E-state index >= 15 is 0 Å². The van der Waals surface area contributed by atoms with Gasteiger partial charge in [-0.15, -0.1) is 0 Å². The lowest BCUT2D eigenvalue weighted by molar-refractivity contribution is 0.207. The lowest BCUT2D eigenvalue weighted by Gasteiger charge is -2.20. The van der Waals surface area contributed by atoms with Gasteiger partial charge in [0.25, 0.3) is 0 Å². The molecular formula is C16H19ClO3. The fourth-order valence-corrected chi connectivity index (χ4v) is 3.01. The van der Waals surface area contributed by atoms with E-state index in [1.54, 1.807) is 6.07 Å². The summed E-state index contributed by atoms with van der Waals surface area (Å²) in [5, 5.41) is 11.0. The molecule has 108 valence electrons. The van der Waals surface area contributed by atoms with Crippen LogP contribution in [-0.2, 0) is 0 Å². The van der Waals surface area contributed by atoms with Crippen molar-refractivity contribution in [3.63, 3.8) is 0 Å². The summed E-state index contributed by atoms with van der Waals surface area (Å²) < 4.78 is 11.3. The Morgan fingerprint density at radius 3 is 2.75 bits per heavy atom. The van der Waals surface area contributed by atoms with Gasteiger partial charge in [-0.1, -0.05) is 17.7 Å². The fraction of sp³-hybridized carbons (Fsp3) is 0.500. The Hall–Kier alpha value is -1.19. The second-order valence-corrected chi connectivity index (χ2v) is 5.72. The summed E-state index contributed by atoms with van der Waals surface area (Å²) in [6, 6.07) is 3.64. The fourth-order valence-electron chi connectivity index (χ4n) is 2.73. The van der Waals surface area contributed by atoms with Crippen LogP contribution >= 0.6 is 11.6 Å². The molecule has 0 saturated heterocycles. The van der Waals surface area contributed by atoms with Crippen LogP contribution in [0.4, 0.5) is 0 Å². The van der Waals surface area contributed by atoms with Crippen LogP contribution in [0.25, 0.3) is 0 Å². The molecule has 0 spiro atoms. The predicted molar refractivity (Wildman–Crippen MR) is 78.6 cm³/mol. The van der Waals surface area contributed by atoms with Crippen LogP contribution < -0.4 is 9.47 Å². The van der Waals surface area contributed by atoms with Crippen LogP contribution in [0, 0.1) is 0 Å². The van der Waals surface area contributed by atoms with Gasteiger partial charge in [0, 0.05) is 6.42 Å². The third kappa shape index (κ3) is 2.79. The third-order valence-electron chi connectivity index (χ3n) is 3.82. The molecule has 1 aromatic rings. The summed E-state index contributed by atoms with van der Waals surface area (Å²) in [4.78, 5) is 0. The van der Waals surface area contributed by atoms with Crippen LogP contribution in [0.1, 0.15) is 43.8 Å². The Balaban J connectivity index is 1.92. The molecule has 1 aliphatic heterocycles. The highest BCUT2D eigenvalue weighted by Crippen LogP contribution is 2.41. The van der Waals surface area contributed by atoms with Crippen molar-refractivity contribution in [3.8, 4) is 11.5 Å². The van der Waals surface area contributed by atoms with Gasteiger partial charge in [0.2, 0.25) is 0 Å². The molecule has 3 nitrogen and oxygen atoms in total. The Kier molecular flexibility index (Phi) is 4.18. The quantitative estimate of drug-likeness (QED) is 0.837. The molecule has 0 amide bonds. The van der Waals surface area contributed by atoms with Crippen LogP contribution in [0.15, 0.2) is 23.8 Å². The average Bonchev–Trinajstić information content (AvgIpc) is 2.73. The van der Waals surface area contributed by atoms with Crippen molar-refractivity contribution in [2.24, 2.45) is 0 Å². The molecule has 1 N–H and O–H groups in total. The van der Waals surface area contributed by atoms with Gasteiger partial charge in [-0.2, -0.15) is 0 Å². The van der Waals surface area contributed by atoms with Crippen LogP contribution in [-0.4, -0.2) is 18.3 Å². The van der Waals surface area contributed by atoms with Gasteiger partial charge in [-0.25, -0.2) is 0 Å². The molecule has 0 saturated carbocycles. The van der Waals surface area contributed by atoms with Gasteiger partial charge in [-0.3, -0.25) is 0 Å². The van der Waals surface area contributed by atoms with Crippen molar-refractivity contribution >= 4 is 11.6 Å². The molecule has 3 rings (SSSR count). The molecule has 1 aliphatic carbocycles. The van der Waals surface area contributed by atoms with E-state index in [2.05, 4.69) is 6.08 Å². The van der Waals surface area contributed by atoms with Crippen molar-refractivity contribution in [1.29, 1.82) is 0 Å². The second kappa shape index (κ2) is 6.06. The van der Waals surface area contributed by atoms with Gasteiger partial charge < -0.3 is 14.6 Å². The molecule has 1 aromatic carbocycles. The van der Waals surface area contributed by atoms with E-state index in [-0.39, 0.29) is 0 Å². The number of fused-ring (bicyclic) bond motifs is 1. The first-order chi connectivity index (χ1) is 9.75. The predicted octanol–water partition coefficient (Wildman–Crippen LogP) is 4.04. The van der Waals surface area contributed by atoms with Crippen LogP contribution in [0.3, 0.4) is 0 Å². The minimum atomic E-state index is -0.593. The highest BCUT2D eigenvalue weighted by atomic mass is 35.5. The number of allylic oxidation sites excluding steroid dienone is 1. The van der Waals surface area contributed by atoms with E-state index in [1.165, 1.54) is 6.42 Å². The maximum Gasteiger partial charge on any atom is 0.179 e.